The second-order valence-electron chi connectivity index (χ2n) is 16.9. The number of fused-ring (bicyclic) bond motifs is 5. The summed E-state index contributed by atoms with van der Waals surface area (Å²) in [4.78, 5) is 128. The Bertz CT molecular complexity index is 2110. The van der Waals surface area contributed by atoms with Crippen LogP contribution in [0, 0.1) is 23.7 Å². The summed E-state index contributed by atoms with van der Waals surface area (Å²) in [6, 6.07) is -1.03. The first-order valence-electron chi connectivity index (χ1n) is 21.2. The molecule has 344 valence electrons. The Labute approximate surface area is 362 Å². The number of phenols is 1. The molecule has 0 spiro atoms. The van der Waals surface area contributed by atoms with Crippen LogP contribution in [0.2, 0.25) is 0 Å². The molecule has 0 unspecified atom stereocenters. The Morgan fingerprint density at radius 1 is 0.889 bits per heavy atom. The highest BCUT2D eigenvalue weighted by Crippen LogP contribution is 2.31. The standard InChI is InChI=1S/C42H58N8O13/c1-4-19(2)38-41(62)45-15-36(58)47-28-8-7-27-26(24-6-5-22(52)11-29(24)46-27)13-30(40(61)44-16-37(59)49-38)48-39(60)25(20(3)34(56)18-51)14-33(55)31-12-23(53)17-50(31)42(63)21(9-32(28)54)10-35(43)57/h5-6,11,19-21,23,25,28,30-31,34,38,46,51-53,56H,4,7-10,12-18H2,1-3H3,(H2,43,57)(H,44,61)(H,45,62)(H,47,58)(H,48,60)(H,49,59)/t19-,20+,21-,23+,25-,28-,30-,31+,34-,38-/m0/s1. The molecule has 1 aromatic heterocycles. The van der Waals surface area contributed by atoms with Gasteiger partial charge in [0, 0.05) is 67.2 Å². The summed E-state index contributed by atoms with van der Waals surface area (Å²) in [5.74, 6) is -12.0. The molecule has 12 N–H and O–H groups in total. The van der Waals surface area contributed by atoms with Crippen molar-refractivity contribution in [2.24, 2.45) is 29.4 Å². The number of aromatic nitrogens is 1. The average molecular weight is 883 g/mol. The topological polar surface area (TPSA) is 340 Å². The number of Topliss-reactive ketones (excluding diaryl/α,β-unsaturated/α-hetero) is 2. The SMILES string of the molecule is CC[C@H](C)[C@@H]1NC(=O)CNC(=O)[C@@H]2Cc3c([nH]c4cc(O)ccc34)CC[C@H](NC(=O)CNC1=O)C(=O)C[C@@H](CC(N)=O)C(=O)N1C[C@H](O)C[C@@H]1C(=O)C[C@@H]([C@@H](C)[C@@H](O)CO)C(=O)N2. The fourth-order valence-electron chi connectivity index (χ4n) is 8.56. The van der Waals surface area contributed by atoms with Crippen LogP contribution in [-0.2, 0) is 56.0 Å². The van der Waals surface area contributed by atoms with Gasteiger partial charge in [0.25, 0.3) is 0 Å². The number of carbonyl (C=O) groups is 9. The molecule has 7 amide bonds. The number of aromatic amines is 1. The van der Waals surface area contributed by atoms with Crippen LogP contribution in [0.5, 0.6) is 5.75 Å². The van der Waals surface area contributed by atoms with E-state index >= 15 is 0 Å². The Kier molecular flexibility index (Phi) is 16.0. The maximum absolute atomic E-state index is 14.5. The smallest absolute Gasteiger partial charge is 0.243 e. The molecule has 21 nitrogen and oxygen atoms in total. The largest absolute Gasteiger partial charge is 0.508 e. The molecule has 1 fully saturated rings. The number of nitrogens with one attached hydrogen (secondary N) is 6. The van der Waals surface area contributed by atoms with Crippen LogP contribution in [0.3, 0.4) is 0 Å². The molecule has 0 radical (unpaired) electrons. The van der Waals surface area contributed by atoms with Gasteiger partial charge in [-0.25, -0.2) is 0 Å². The van der Waals surface area contributed by atoms with Crippen molar-refractivity contribution >= 4 is 63.8 Å². The first-order valence-corrected chi connectivity index (χ1v) is 21.2. The van der Waals surface area contributed by atoms with E-state index in [9.17, 15) is 63.6 Å². The van der Waals surface area contributed by atoms with Crippen molar-refractivity contribution in [3.63, 3.8) is 0 Å². The molecule has 4 heterocycles. The normalized spacial score (nSPS) is 27.8. The number of hydrogen-bond acceptors (Lipinski definition) is 13. The van der Waals surface area contributed by atoms with Crippen molar-refractivity contribution in [1.82, 2.24) is 36.5 Å². The molecule has 0 saturated carbocycles. The van der Waals surface area contributed by atoms with Crippen LogP contribution in [0.15, 0.2) is 18.2 Å². The summed E-state index contributed by atoms with van der Waals surface area (Å²) in [6.07, 6.45) is -5.05. The summed E-state index contributed by atoms with van der Waals surface area (Å²) in [6.45, 7) is 2.39. The third-order valence-electron chi connectivity index (χ3n) is 12.4. The molecule has 1 saturated heterocycles. The van der Waals surface area contributed by atoms with Gasteiger partial charge in [0.2, 0.25) is 41.4 Å². The number of phenolic OH excluding ortho intramolecular Hbond substituents is 1. The minimum atomic E-state index is -1.54. The maximum Gasteiger partial charge on any atom is 0.243 e. The monoisotopic (exact) mass is 882 g/mol. The van der Waals surface area contributed by atoms with Gasteiger partial charge in [-0.2, -0.15) is 0 Å². The van der Waals surface area contributed by atoms with Crippen LogP contribution >= 0.6 is 0 Å². The number of benzene rings is 1. The number of aliphatic hydroxyl groups is 3. The van der Waals surface area contributed by atoms with Crippen molar-refractivity contribution in [3.05, 3.63) is 29.5 Å². The molecule has 3 aliphatic rings. The van der Waals surface area contributed by atoms with Gasteiger partial charge in [-0.15, -0.1) is 0 Å². The van der Waals surface area contributed by atoms with E-state index in [1.807, 2.05) is 0 Å². The van der Waals surface area contributed by atoms with Crippen LogP contribution in [-0.4, -0.2) is 146 Å². The van der Waals surface area contributed by atoms with E-state index in [-0.39, 0.29) is 38.0 Å². The number of rotatable bonds is 7. The van der Waals surface area contributed by atoms with Gasteiger partial charge in [-0.1, -0.05) is 27.2 Å². The fourth-order valence-corrected chi connectivity index (χ4v) is 8.56. The molecule has 1 aromatic carbocycles. The number of nitrogens with two attached hydrogens (primary N) is 1. The second-order valence-corrected chi connectivity index (χ2v) is 16.9. The Morgan fingerprint density at radius 2 is 1.57 bits per heavy atom. The van der Waals surface area contributed by atoms with Gasteiger partial charge in [-0.3, -0.25) is 43.2 Å². The van der Waals surface area contributed by atoms with E-state index in [2.05, 4.69) is 31.6 Å². The molecule has 2 bridgehead atoms. The van der Waals surface area contributed by atoms with Crippen LogP contribution in [0.1, 0.15) is 70.6 Å². The summed E-state index contributed by atoms with van der Waals surface area (Å²) >= 11 is 0. The highest BCUT2D eigenvalue weighted by molar-refractivity contribution is 5.99. The van der Waals surface area contributed by atoms with Gasteiger partial charge >= 0.3 is 0 Å². The highest BCUT2D eigenvalue weighted by Gasteiger charge is 2.45. The van der Waals surface area contributed by atoms with Crippen molar-refractivity contribution in [3.8, 4) is 5.75 Å². The quantitative estimate of drug-likeness (QED) is 0.133. The lowest BCUT2D eigenvalue weighted by Crippen LogP contribution is -2.56. The van der Waals surface area contributed by atoms with Gasteiger partial charge < -0.3 is 62.6 Å². The molecule has 21 heteroatoms. The molecule has 0 aliphatic carbocycles. The van der Waals surface area contributed by atoms with Gasteiger partial charge in [-0.05, 0) is 42.4 Å². The van der Waals surface area contributed by atoms with E-state index < -0.39 is 152 Å². The predicted molar refractivity (Wildman–Crippen MR) is 222 cm³/mol. The number of H-pyrrole nitrogens is 1. The molecular weight excluding hydrogens is 825 g/mol. The van der Waals surface area contributed by atoms with E-state index in [1.54, 1.807) is 19.9 Å². The summed E-state index contributed by atoms with van der Waals surface area (Å²) in [7, 11) is 0. The zero-order chi connectivity index (χ0) is 46.3. The van der Waals surface area contributed by atoms with Crippen molar-refractivity contribution < 1.29 is 63.6 Å². The summed E-state index contributed by atoms with van der Waals surface area (Å²) in [5, 5.41) is 55.2. The first kappa shape index (κ1) is 48.1. The van der Waals surface area contributed by atoms with Crippen molar-refractivity contribution in [2.45, 2.75) is 109 Å². The van der Waals surface area contributed by atoms with Crippen molar-refractivity contribution in [1.29, 1.82) is 0 Å². The molecule has 2 aromatic rings. The Balaban J connectivity index is 1.70. The molecule has 10 atom stereocenters. The number of ketones is 2. The second kappa shape index (κ2) is 21.0. The Hall–Kier alpha value is -5.93. The zero-order valence-corrected chi connectivity index (χ0v) is 35.5. The lowest BCUT2D eigenvalue weighted by molar-refractivity contribution is -0.145. The zero-order valence-electron chi connectivity index (χ0n) is 35.5. The summed E-state index contributed by atoms with van der Waals surface area (Å²) < 4.78 is 0. The van der Waals surface area contributed by atoms with E-state index in [4.69, 9.17) is 5.73 Å². The number of amides is 7. The van der Waals surface area contributed by atoms with Crippen LogP contribution < -0.4 is 32.3 Å². The predicted octanol–water partition coefficient (Wildman–Crippen LogP) is -2.91. The van der Waals surface area contributed by atoms with Crippen molar-refractivity contribution in [2.75, 3.05) is 26.2 Å². The molecule has 5 rings (SSSR count). The minimum absolute atomic E-state index is 0.0275. The number of nitrogens with zero attached hydrogens (tertiary/aromatic N) is 1. The van der Waals surface area contributed by atoms with Gasteiger partial charge in [0.05, 0.1) is 49.9 Å². The lowest BCUT2D eigenvalue weighted by atomic mass is 9.82. The minimum Gasteiger partial charge on any atom is -0.508 e. The third-order valence-corrected chi connectivity index (χ3v) is 12.4. The van der Waals surface area contributed by atoms with E-state index in [1.165, 1.54) is 19.1 Å². The lowest BCUT2D eigenvalue weighted by Gasteiger charge is -2.31. The van der Waals surface area contributed by atoms with Crippen LogP contribution in [0.25, 0.3) is 10.9 Å². The maximum atomic E-state index is 14.5. The molecule has 3 aliphatic heterocycles. The molecular formula is C42H58N8O13. The van der Waals surface area contributed by atoms with Gasteiger partial charge in [0.15, 0.2) is 11.6 Å². The number of aromatic hydroxyl groups is 1. The average Bonchev–Trinajstić information content (AvgIpc) is 3.80. The number of carbonyl (C=O) groups excluding carboxylic acids is 9. The number of primary amides is 1. The molecule has 63 heavy (non-hydrogen) atoms. The highest BCUT2D eigenvalue weighted by atomic mass is 16.3. The fraction of sp³-hybridized carbons (Fsp3) is 0.595. The third kappa shape index (κ3) is 11.8. The van der Waals surface area contributed by atoms with E-state index in [0.717, 1.165) is 4.90 Å². The number of aliphatic hydroxyl groups excluding tert-OH is 3. The number of aryl methyl sites for hydroxylation is 1. The van der Waals surface area contributed by atoms with E-state index in [0.29, 0.717) is 28.6 Å². The first-order chi connectivity index (χ1) is 29.8. The van der Waals surface area contributed by atoms with Crippen LogP contribution in [0.4, 0.5) is 0 Å². The Morgan fingerprint density at radius 3 is 2.24 bits per heavy atom. The summed E-state index contributed by atoms with van der Waals surface area (Å²) in [5.41, 5.74) is 6.77. The number of hydrogen-bond donors (Lipinski definition) is 11. The van der Waals surface area contributed by atoms with Gasteiger partial charge in [0.1, 0.15) is 17.8 Å².